The SMILES string of the molecule is CCC(O)(CC)c1ccc(N2CCC(Cc3ccccc3N3CCN(CI)CC3)C2=O)cn1. The number of halogens is 1. The maximum absolute atomic E-state index is 13.3. The minimum atomic E-state index is -0.901. The number of piperazine rings is 1. The first kappa shape index (κ1) is 24.4. The number of aliphatic hydroxyl groups is 1. The van der Waals surface area contributed by atoms with Crippen LogP contribution >= 0.6 is 22.6 Å². The van der Waals surface area contributed by atoms with Crippen LogP contribution in [0.3, 0.4) is 0 Å². The molecule has 2 saturated heterocycles. The summed E-state index contributed by atoms with van der Waals surface area (Å²) in [6.45, 7) is 8.88. The van der Waals surface area contributed by atoms with E-state index >= 15 is 0 Å². The highest BCUT2D eigenvalue weighted by Crippen LogP contribution is 2.32. The highest BCUT2D eigenvalue weighted by atomic mass is 127. The quantitative estimate of drug-likeness (QED) is 0.297. The summed E-state index contributed by atoms with van der Waals surface area (Å²) >= 11 is 2.43. The molecule has 0 radical (unpaired) electrons. The summed E-state index contributed by atoms with van der Waals surface area (Å²) in [6, 6.07) is 12.4. The molecule has 1 unspecified atom stereocenters. The molecule has 1 aromatic carbocycles. The standard InChI is InChI=1S/C26H35IN4O2/c1-3-26(33,4-2)24-10-9-22(18-28-24)31-12-11-21(25(31)32)17-20-7-5-6-8-23(20)30-15-13-29(19-27)14-16-30/h5-10,18,21,33H,3-4,11-17,19H2,1-2H3. The highest BCUT2D eigenvalue weighted by molar-refractivity contribution is 14.1. The van der Waals surface area contributed by atoms with Crippen LogP contribution in [0.5, 0.6) is 0 Å². The molecule has 1 aromatic heterocycles. The molecule has 1 amide bonds. The predicted molar refractivity (Wildman–Crippen MR) is 142 cm³/mol. The molecule has 3 heterocycles. The lowest BCUT2D eigenvalue weighted by atomic mass is 9.93. The van der Waals surface area contributed by atoms with E-state index in [1.165, 1.54) is 11.3 Å². The Morgan fingerprint density at radius 2 is 1.79 bits per heavy atom. The van der Waals surface area contributed by atoms with Gasteiger partial charge in [0.15, 0.2) is 0 Å². The number of alkyl halides is 1. The molecule has 0 bridgehead atoms. The summed E-state index contributed by atoms with van der Waals surface area (Å²) in [6.07, 6.45) is 4.60. The first-order valence-electron chi connectivity index (χ1n) is 12.1. The summed E-state index contributed by atoms with van der Waals surface area (Å²) in [7, 11) is 0. The molecule has 178 valence electrons. The van der Waals surface area contributed by atoms with Crippen molar-refractivity contribution >= 4 is 39.9 Å². The van der Waals surface area contributed by atoms with Crippen molar-refractivity contribution < 1.29 is 9.90 Å². The van der Waals surface area contributed by atoms with Gasteiger partial charge < -0.3 is 14.9 Å². The van der Waals surface area contributed by atoms with E-state index < -0.39 is 5.60 Å². The van der Waals surface area contributed by atoms with Gasteiger partial charge in [0.05, 0.1) is 22.1 Å². The zero-order valence-corrected chi connectivity index (χ0v) is 21.9. The third-order valence-electron chi connectivity index (χ3n) is 7.36. The average molecular weight is 562 g/mol. The van der Waals surface area contributed by atoms with Gasteiger partial charge in [-0.1, -0.05) is 54.6 Å². The Hall–Kier alpha value is -1.71. The lowest BCUT2D eigenvalue weighted by Gasteiger charge is -2.36. The molecule has 2 fully saturated rings. The van der Waals surface area contributed by atoms with Gasteiger partial charge in [0.1, 0.15) is 5.60 Å². The van der Waals surface area contributed by atoms with Crippen LogP contribution in [0.4, 0.5) is 11.4 Å². The Morgan fingerprint density at radius 3 is 2.42 bits per heavy atom. The van der Waals surface area contributed by atoms with Gasteiger partial charge in [-0.25, -0.2) is 0 Å². The van der Waals surface area contributed by atoms with Crippen LogP contribution in [0, 0.1) is 5.92 Å². The predicted octanol–water partition coefficient (Wildman–Crippen LogP) is 4.20. The van der Waals surface area contributed by atoms with E-state index in [4.69, 9.17) is 0 Å². The zero-order valence-electron chi connectivity index (χ0n) is 19.7. The average Bonchev–Trinajstić information content (AvgIpc) is 3.23. The minimum absolute atomic E-state index is 0.00956. The Morgan fingerprint density at radius 1 is 1.06 bits per heavy atom. The third kappa shape index (κ3) is 5.20. The lowest BCUT2D eigenvalue weighted by molar-refractivity contribution is -0.120. The van der Waals surface area contributed by atoms with Crippen molar-refractivity contribution in [3.05, 3.63) is 53.9 Å². The summed E-state index contributed by atoms with van der Waals surface area (Å²) in [5.41, 5.74) is 3.15. The topological polar surface area (TPSA) is 59.9 Å². The van der Waals surface area contributed by atoms with Crippen LogP contribution in [0.15, 0.2) is 42.6 Å². The molecule has 0 aliphatic carbocycles. The lowest BCUT2D eigenvalue weighted by Crippen LogP contribution is -2.46. The normalized spacial score (nSPS) is 20.0. The molecule has 0 spiro atoms. The Bertz CT molecular complexity index is 940. The fraction of sp³-hybridized carbons (Fsp3) is 0.538. The van der Waals surface area contributed by atoms with E-state index in [2.05, 4.69) is 61.6 Å². The molecule has 33 heavy (non-hydrogen) atoms. The first-order chi connectivity index (χ1) is 16.0. The van der Waals surface area contributed by atoms with Crippen molar-refractivity contribution in [3.63, 3.8) is 0 Å². The van der Waals surface area contributed by atoms with E-state index in [0.717, 1.165) is 49.3 Å². The van der Waals surface area contributed by atoms with Gasteiger partial charge in [-0.3, -0.25) is 14.7 Å². The van der Waals surface area contributed by atoms with Gasteiger partial charge in [0.2, 0.25) is 5.91 Å². The van der Waals surface area contributed by atoms with Crippen LogP contribution in [-0.4, -0.2) is 58.2 Å². The second kappa shape index (κ2) is 10.7. The second-order valence-electron chi connectivity index (χ2n) is 9.17. The van der Waals surface area contributed by atoms with Crippen LogP contribution in [-0.2, 0) is 16.8 Å². The number of hydrogen-bond donors (Lipinski definition) is 1. The number of para-hydroxylation sites is 1. The fourth-order valence-electron chi connectivity index (χ4n) is 4.98. The molecule has 1 atom stereocenters. The van der Waals surface area contributed by atoms with Gasteiger partial charge in [-0.2, -0.15) is 0 Å². The van der Waals surface area contributed by atoms with E-state index in [9.17, 15) is 9.90 Å². The molecule has 2 aliphatic rings. The number of carbonyl (C=O) groups is 1. The number of pyridine rings is 1. The number of anilines is 2. The van der Waals surface area contributed by atoms with Gasteiger partial charge >= 0.3 is 0 Å². The Balaban J connectivity index is 1.44. The molecule has 7 heteroatoms. The number of rotatable bonds is 8. The van der Waals surface area contributed by atoms with Crippen LogP contribution in [0.2, 0.25) is 0 Å². The number of benzene rings is 1. The summed E-state index contributed by atoms with van der Waals surface area (Å²) in [5.74, 6) is 0.167. The summed E-state index contributed by atoms with van der Waals surface area (Å²) in [4.78, 5) is 24.6. The van der Waals surface area contributed by atoms with E-state index in [1.54, 1.807) is 6.20 Å². The second-order valence-corrected chi connectivity index (χ2v) is 9.86. The van der Waals surface area contributed by atoms with E-state index in [0.29, 0.717) is 25.1 Å². The van der Waals surface area contributed by atoms with Crippen LogP contribution < -0.4 is 9.80 Å². The van der Waals surface area contributed by atoms with E-state index in [-0.39, 0.29) is 11.8 Å². The molecule has 2 aromatic rings. The molecule has 2 aliphatic heterocycles. The van der Waals surface area contributed by atoms with E-state index in [1.807, 2.05) is 30.9 Å². The van der Waals surface area contributed by atoms with Crippen molar-refractivity contribution in [2.24, 2.45) is 5.92 Å². The van der Waals surface area contributed by atoms with Crippen molar-refractivity contribution in [2.45, 2.75) is 45.1 Å². The van der Waals surface area contributed by atoms with Crippen LogP contribution in [0.25, 0.3) is 0 Å². The van der Waals surface area contributed by atoms with Gasteiger partial charge in [-0.05, 0) is 49.4 Å². The highest BCUT2D eigenvalue weighted by Gasteiger charge is 2.34. The van der Waals surface area contributed by atoms with Crippen molar-refractivity contribution in [3.8, 4) is 0 Å². The number of aromatic nitrogens is 1. The van der Waals surface area contributed by atoms with Crippen molar-refractivity contribution in [2.75, 3.05) is 47.1 Å². The molecule has 4 rings (SSSR count). The number of amides is 1. The Labute approximate surface area is 211 Å². The van der Waals surface area contributed by atoms with Crippen molar-refractivity contribution in [1.29, 1.82) is 0 Å². The van der Waals surface area contributed by atoms with Crippen molar-refractivity contribution in [1.82, 2.24) is 9.88 Å². The molecule has 0 saturated carbocycles. The third-order valence-corrected chi connectivity index (χ3v) is 8.33. The first-order valence-corrected chi connectivity index (χ1v) is 13.6. The largest absolute Gasteiger partial charge is 0.384 e. The summed E-state index contributed by atoms with van der Waals surface area (Å²) < 4.78 is 1.08. The van der Waals surface area contributed by atoms with Gasteiger partial charge in [0.25, 0.3) is 0 Å². The zero-order chi connectivity index (χ0) is 23.4. The van der Waals surface area contributed by atoms with Crippen LogP contribution in [0.1, 0.15) is 44.4 Å². The molecule has 1 N–H and O–H groups in total. The molecular weight excluding hydrogens is 527 g/mol. The molecule has 6 nitrogen and oxygen atoms in total. The maximum atomic E-state index is 13.3. The minimum Gasteiger partial charge on any atom is -0.384 e. The number of nitrogens with zero attached hydrogens (tertiary/aromatic N) is 4. The monoisotopic (exact) mass is 562 g/mol. The Kier molecular flexibility index (Phi) is 7.91. The van der Waals surface area contributed by atoms with Gasteiger partial charge in [-0.15, -0.1) is 0 Å². The smallest absolute Gasteiger partial charge is 0.230 e. The molecular formula is C26H35IN4O2. The van der Waals surface area contributed by atoms with Gasteiger partial charge in [0, 0.05) is 44.3 Å². The fourth-order valence-corrected chi connectivity index (χ4v) is 5.67. The number of carbonyl (C=O) groups excluding carboxylic acids is 1. The summed E-state index contributed by atoms with van der Waals surface area (Å²) in [5, 5.41) is 10.7. The number of hydrogen-bond acceptors (Lipinski definition) is 5. The maximum Gasteiger partial charge on any atom is 0.230 e.